The number of nitrogens with zero attached hydrogens (tertiary/aromatic N) is 2. The maximum Gasteiger partial charge on any atom is 0.193 e. The predicted molar refractivity (Wildman–Crippen MR) is 114 cm³/mol. The Balaban J connectivity index is 0.00000288. The van der Waals surface area contributed by atoms with Crippen molar-refractivity contribution in [2.45, 2.75) is 12.8 Å². The quantitative estimate of drug-likeness (QED) is 0.386. The molecule has 0 saturated heterocycles. The van der Waals surface area contributed by atoms with Crippen LogP contribution in [-0.4, -0.2) is 44.7 Å². The lowest BCUT2D eigenvalue weighted by atomic mass is 10.1. The molecule has 1 aromatic carbocycles. The molecule has 1 heterocycles. The monoisotopic (exact) mass is 459 g/mol. The lowest BCUT2D eigenvalue weighted by molar-refractivity contribution is 0.281. The Hall–Kier alpha value is -1.28. The van der Waals surface area contributed by atoms with E-state index < -0.39 is 0 Å². The van der Waals surface area contributed by atoms with Gasteiger partial charge >= 0.3 is 0 Å². The van der Waals surface area contributed by atoms with Gasteiger partial charge in [0, 0.05) is 31.4 Å². The van der Waals surface area contributed by atoms with E-state index in [1.54, 1.807) is 11.3 Å². The van der Waals surface area contributed by atoms with Crippen molar-refractivity contribution in [3.05, 3.63) is 52.7 Å². The number of nitrogens with one attached hydrogen (secondary N) is 1. The van der Waals surface area contributed by atoms with Gasteiger partial charge in [-0.3, -0.25) is 4.99 Å². The number of aliphatic imine (C=N–C) groups is 1. The van der Waals surface area contributed by atoms with Crippen LogP contribution in [0.5, 0.6) is 5.75 Å². The third-order valence-electron chi connectivity index (χ3n) is 3.61. The van der Waals surface area contributed by atoms with Gasteiger partial charge in [-0.1, -0.05) is 31.2 Å². The summed E-state index contributed by atoms with van der Waals surface area (Å²) >= 11 is 1.80. The van der Waals surface area contributed by atoms with Crippen molar-refractivity contribution >= 4 is 41.3 Å². The predicted octanol–water partition coefficient (Wildman–Crippen LogP) is 4.06. The van der Waals surface area contributed by atoms with Gasteiger partial charge in [-0.05, 0) is 23.6 Å². The number of halogens is 1. The van der Waals surface area contributed by atoms with E-state index in [1.807, 2.05) is 44.4 Å². The zero-order valence-electron chi connectivity index (χ0n) is 14.4. The number of rotatable bonds is 7. The van der Waals surface area contributed by atoms with Crippen molar-refractivity contribution in [3.63, 3.8) is 0 Å². The van der Waals surface area contributed by atoms with Gasteiger partial charge in [0.05, 0.1) is 6.54 Å². The van der Waals surface area contributed by atoms with Gasteiger partial charge in [0.2, 0.25) is 0 Å². The normalized spacial score (nSPS) is 12.2. The second-order valence-corrected chi connectivity index (χ2v) is 6.41. The maximum atomic E-state index is 5.73. The molecule has 2 aromatic rings. The van der Waals surface area contributed by atoms with Crippen molar-refractivity contribution in [1.29, 1.82) is 0 Å². The smallest absolute Gasteiger partial charge is 0.193 e. The van der Waals surface area contributed by atoms with Crippen LogP contribution in [0, 0.1) is 0 Å². The minimum absolute atomic E-state index is 0. The number of benzene rings is 1. The molecule has 4 nitrogen and oxygen atoms in total. The molecule has 0 aliphatic heterocycles. The molecule has 0 saturated carbocycles. The van der Waals surface area contributed by atoms with E-state index in [-0.39, 0.29) is 24.0 Å². The summed E-state index contributed by atoms with van der Waals surface area (Å²) in [5.41, 5.74) is 0. The zero-order valence-corrected chi connectivity index (χ0v) is 17.6. The summed E-state index contributed by atoms with van der Waals surface area (Å²) in [6.07, 6.45) is 0. The van der Waals surface area contributed by atoms with Gasteiger partial charge < -0.3 is 15.0 Å². The van der Waals surface area contributed by atoms with Gasteiger partial charge in [0.15, 0.2) is 5.96 Å². The molecule has 0 radical (unpaired) electrons. The van der Waals surface area contributed by atoms with Crippen molar-refractivity contribution < 1.29 is 4.74 Å². The first-order chi connectivity index (χ1) is 11.2. The molecule has 1 atom stereocenters. The van der Waals surface area contributed by atoms with Gasteiger partial charge in [-0.15, -0.1) is 35.3 Å². The van der Waals surface area contributed by atoms with Crippen LogP contribution in [-0.2, 0) is 0 Å². The maximum absolute atomic E-state index is 5.73. The highest BCUT2D eigenvalue weighted by atomic mass is 127. The van der Waals surface area contributed by atoms with E-state index in [0.717, 1.165) is 24.8 Å². The molecule has 0 aliphatic carbocycles. The first-order valence-electron chi connectivity index (χ1n) is 7.83. The molecule has 0 amide bonds. The van der Waals surface area contributed by atoms with Crippen LogP contribution in [0.2, 0.25) is 0 Å². The molecular formula is C18H26IN3OS. The van der Waals surface area contributed by atoms with Crippen molar-refractivity contribution in [1.82, 2.24) is 10.2 Å². The van der Waals surface area contributed by atoms with Gasteiger partial charge in [0.25, 0.3) is 0 Å². The van der Waals surface area contributed by atoms with E-state index >= 15 is 0 Å². The highest BCUT2D eigenvalue weighted by Crippen LogP contribution is 2.19. The third kappa shape index (κ3) is 6.68. The Morgan fingerprint density at radius 2 is 2.00 bits per heavy atom. The fourth-order valence-corrected chi connectivity index (χ4v) is 3.01. The van der Waals surface area contributed by atoms with Crippen molar-refractivity contribution in [2.75, 3.05) is 33.8 Å². The third-order valence-corrected chi connectivity index (χ3v) is 4.71. The highest BCUT2D eigenvalue weighted by molar-refractivity contribution is 14.0. The average molecular weight is 459 g/mol. The van der Waals surface area contributed by atoms with Crippen LogP contribution in [0.1, 0.15) is 17.7 Å². The number of guanidine groups is 1. The number of ether oxygens (including phenoxy) is 1. The standard InChI is InChI=1S/C18H25N3OS.HI/c1-15(17-10-7-13-23-17)14-20-18(19-2)21(3)11-12-22-16-8-5-4-6-9-16;/h4-10,13,15H,11-12,14H2,1-3H3,(H,19,20);1H. The van der Waals surface area contributed by atoms with Crippen LogP contribution < -0.4 is 10.1 Å². The lowest BCUT2D eigenvalue weighted by Crippen LogP contribution is -2.42. The van der Waals surface area contributed by atoms with E-state index in [0.29, 0.717) is 12.5 Å². The van der Waals surface area contributed by atoms with Gasteiger partial charge in [-0.2, -0.15) is 0 Å². The number of likely N-dealkylation sites (N-methyl/N-ethyl adjacent to an activating group) is 1. The summed E-state index contributed by atoms with van der Waals surface area (Å²) in [7, 11) is 3.84. The fraction of sp³-hybridized carbons (Fsp3) is 0.389. The SMILES string of the molecule is CN=C(NCC(C)c1cccs1)N(C)CCOc1ccccc1.I. The lowest BCUT2D eigenvalue weighted by Gasteiger charge is -2.23. The number of para-hydroxylation sites is 1. The molecule has 0 spiro atoms. The summed E-state index contributed by atoms with van der Waals surface area (Å²) in [6, 6.07) is 14.2. The molecule has 24 heavy (non-hydrogen) atoms. The van der Waals surface area contributed by atoms with Gasteiger partial charge in [-0.25, -0.2) is 0 Å². The Morgan fingerprint density at radius 3 is 2.62 bits per heavy atom. The van der Waals surface area contributed by atoms with Crippen LogP contribution in [0.15, 0.2) is 52.8 Å². The Bertz CT molecular complexity index is 590. The largest absolute Gasteiger partial charge is 0.492 e. The summed E-state index contributed by atoms with van der Waals surface area (Å²) in [4.78, 5) is 7.83. The van der Waals surface area contributed by atoms with E-state index in [9.17, 15) is 0 Å². The molecule has 1 N–H and O–H groups in total. The topological polar surface area (TPSA) is 36.9 Å². The minimum Gasteiger partial charge on any atom is -0.492 e. The second kappa shape index (κ2) is 11.3. The average Bonchev–Trinajstić information content (AvgIpc) is 3.11. The van der Waals surface area contributed by atoms with E-state index in [1.165, 1.54) is 4.88 Å². The Kier molecular flexibility index (Phi) is 9.78. The van der Waals surface area contributed by atoms with Crippen molar-refractivity contribution in [2.24, 2.45) is 4.99 Å². The van der Waals surface area contributed by atoms with Gasteiger partial charge in [0.1, 0.15) is 12.4 Å². The highest BCUT2D eigenvalue weighted by Gasteiger charge is 2.10. The minimum atomic E-state index is 0. The Labute approximate surface area is 166 Å². The fourth-order valence-electron chi connectivity index (χ4n) is 2.22. The molecule has 0 fully saturated rings. The van der Waals surface area contributed by atoms with Crippen LogP contribution in [0.3, 0.4) is 0 Å². The van der Waals surface area contributed by atoms with Crippen LogP contribution >= 0.6 is 35.3 Å². The van der Waals surface area contributed by atoms with Crippen LogP contribution in [0.4, 0.5) is 0 Å². The first-order valence-corrected chi connectivity index (χ1v) is 8.71. The molecular weight excluding hydrogens is 433 g/mol. The molecule has 1 aromatic heterocycles. The molecule has 1 unspecified atom stereocenters. The summed E-state index contributed by atoms with van der Waals surface area (Å²) in [6.45, 7) is 4.51. The summed E-state index contributed by atoms with van der Waals surface area (Å²) in [5, 5.41) is 5.55. The Morgan fingerprint density at radius 1 is 1.25 bits per heavy atom. The summed E-state index contributed by atoms with van der Waals surface area (Å²) < 4.78 is 5.73. The van der Waals surface area contributed by atoms with E-state index in [2.05, 4.69) is 39.6 Å². The second-order valence-electron chi connectivity index (χ2n) is 5.43. The number of hydrogen-bond acceptors (Lipinski definition) is 3. The van der Waals surface area contributed by atoms with Crippen molar-refractivity contribution in [3.8, 4) is 5.75 Å². The molecule has 6 heteroatoms. The molecule has 132 valence electrons. The summed E-state index contributed by atoms with van der Waals surface area (Å²) in [5.74, 6) is 2.26. The molecule has 2 rings (SSSR count). The first kappa shape index (κ1) is 20.8. The molecule has 0 aliphatic rings. The van der Waals surface area contributed by atoms with Crippen LogP contribution in [0.25, 0.3) is 0 Å². The van der Waals surface area contributed by atoms with E-state index in [4.69, 9.17) is 4.74 Å². The number of hydrogen-bond donors (Lipinski definition) is 1. The zero-order chi connectivity index (χ0) is 16.5. The molecule has 0 bridgehead atoms. The number of thiophene rings is 1.